The number of imide groups is 1. The molecule has 4 amide bonds. The number of urea groups is 1. The number of hydrogen-bond donors (Lipinski definition) is 0. The fraction of sp³-hybridized carbons (Fsp3) is 0.345. The normalized spacial score (nSPS) is 25.4. The molecule has 4 aliphatic rings. The molecular weight excluding hydrogens is 502 g/mol. The second-order valence-electron chi connectivity index (χ2n) is 10.7. The molecule has 4 heterocycles. The van der Waals surface area contributed by atoms with E-state index in [1.54, 1.807) is 29.2 Å². The van der Waals surface area contributed by atoms with Gasteiger partial charge in [0.2, 0.25) is 5.91 Å². The Morgan fingerprint density at radius 2 is 1.76 bits per heavy atom. The molecule has 3 atom stereocenters. The maximum Gasteiger partial charge on any atom is 0.332 e. The fourth-order valence-electron chi connectivity index (χ4n) is 7.21. The summed E-state index contributed by atoms with van der Waals surface area (Å²) in [6.07, 6.45) is 5.49. The highest BCUT2D eigenvalue weighted by atomic mass is 35.5. The minimum atomic E-state index is -0.719. The van der Waals surface area contributed by atoms with E-state index < -0.39 is 11.5 Å². The zero-order valence-electron chi connectivity index (χ0n) is 20.5. The third-order valence-corrected chi connectivity index (χ3v) is 9.16. The molecule has 3 aliphatic heterocycles. The van der Waals surface area contributed by atoms with Gasteiger partial charge in [-0.3, -0.25) is 9.59 Å². The summed E-state index contributed by atoms with van der Waals surface area (Å²) in [5.41, 5.74) is 0.951. The lowest BCUT2D eigenvalue weighted by atomic mass is 9.77. The van der Waals surface area contributed by atoms with E-state index in [4.69, 9.17) is 11.6 Å². The van der Waals surface area contributed by atoms with Crippen LogP contribution < -0.4 is 4.90 Å². The first-order chi connectivity index (χ1) is 18.4. The van der Waals surface area contributed by atoms with Crippen molar-refractivity contribution in [2.75, 3.05) is 11.4 Å². The topological polar surface area (TPSA) is 97.6 Å². The average molecular weight is 526 g/mol. The number of aromatic nitrogens is 1. The summed E-state index contributed by atoms with van der Waals surface area (Å²) in [5.74, 6) is -0.294. The standard InChI is InChI=1S/C29H24ClN5O3/c30-18-9-7-17(8-10-18)29(11-3-4-12-29)27(37)33-16-19-13-23(33)25-26(36)35(28(38)34(19)25)24-15-32-22(14-31)20-5-1-2-6-21(20)24/h1-2,5-10,15,19,23,25H,3-4,11-13,16H2/t19?,23?,25-/m1/s1. The van der Waals surface area contributed by atoms with Crippen LogP contribution >= 0.6 is 11.6 Å². The number of benzene rings is 2. The summed E-state index contributed by atoms with van der Waals surface area (Å²) in [6.45, 7) is 0.425. The molecule has 3 saturated heterocycles. The van der Waals surface area contributed by atoms with E-state index in [1.165, 1.54) is 11.1 Å². The van der Waals surface area contributed by atoms with Crippen LogP contribution in [0.1, 0.15) is 43.4 Å². The van der Waals surface area contributed by atoms with Crippen molar-refractivity contribution in [2.45, 2.75) is 55.6 Å². The van der Waals surface area contributed by atoms with Crippen LogP contribution in [0.25, 0.3) is 10.8 Å². The summed E-state index contributed by atoms with van der Waals surface area (Å²) in [4.78, 5) is 50.7. The largest absolute Gasteiger partial charge is 0.334 e. The molecule has 3 aromatic rings. The molecule has 2 bridgehead atoms. The van der Waals surface area contributed by atoms with Crippen molar-refractivity contribution < 1.29 is 14.4 Å². The molecule has 2 unspecified atom stereocenters. The monoisotopic (exact) mass is 525 g/mol. The van der Waals surface area contributed by atoms with Gasteiger partial charge in [-0.05, 0) is 37.0 Å². The van der Waals surface area contributed by atoms with E-state index in [-0.39, 0.29) is 35.6 Å². The van der Waals surface area contributed by atoms with E-state index in [2.05, 4.69) is 11.1 Å². The molecule has 0 N–H and O–H groups in total. The predicted octanol–water partition coefficient (Wildman–Crippen LogP) is 4.39. The third-order valence-electron chi connectivity index (χ3n) is 8.91. The van der Waals surface area contributed by atoms with Gasteiger partial charge >= 0.3 is 6.03 Å². The molecule has 190 valence electrons. The summed E-state index contributed by atoms with van der Waals surface area (Å²) < 4.78 is 0. The fourth-order valence-corrected chi connectivity index (χ4v) is 7.33. The molecule has 0 radical (unpaired) electrons. The number of pyridine rings is 1. The van der Waals surface area contributed by atoms with Crippen LogP contribution in [-0.2, 0) is 15.0 Å². The maximum atomic E-state index is 14.2. The first-order valence-electron chi connectivity index (χ1n) is 13.0. The van der Waals surface area contributed by atoms with E-state index in [9.17, 15) is 19.6 Å². The maximum absolute atomic E-state index is 14.2. The lowest BCUT2D eigenvalue weighted by Gasteiger charge is -2.40. The summed E-state index contributed by atoms with van der Waals surface area (Å²) in [7, 11) is 0. The number of amides is 4. The molecule has 38 heavy (non-hydrogen) atoms. The number of carbonyl (C=O) groups excluding carboxylic acids is 3. The molecular formula is C29H24ClN5O3. The third kappa shape index (κ3) is 3.02. The highest BCUT2D eigenvalue weighted by Crippen LogP contribution is 2.48. The number of halogens is 1. The van der Waals surface area contributed by atoms with Gasteiger partial charge in [0.25, 0.3) is 5.91 Å². The summed E-state index contributed by atoms with van der Waals surface area (Å²) in [5, 5.41) is 11.3. The molecule has 0 spiro atoms. The molecule has 1 saturated carbocycles. The Labute approximate surface area is 224 Å². The van der Waals surface area contributed by atoms with Crippen LogP contribution in [0.4, 0.5) is 10.5 Å². The quantitative estimate of drug-likeness (QED) is 0.472. The molecule has 2 aromatic carbocycles. The number of rotatable bonds is 3. The van der Waals surface area contributed by atoms with Gasteiger partial charge in [0, 0.05) is 22.3 Å². The lowest BCUT2D eigenvalue weighted by molar-refractivity contribution is -0.141. The van der Waals surface area contributed by atoms with Gasteiger partial charge in [-0.15, -0.1) is 0 Å². The van der Waals surface area contributed by atoms with E-state index in [0.29, 0.717) is 34.4 Å². The number of nitriles is 1. The van der Waals surface area contributed by atoms with Gasteiger partial charge in [0.15, 0.2) is 0 Å². The van der Waals surface area contributed by atoms with Crippen molar-refractivity contribution in [2.24, 2.45) is 0 Å². The van der Waals surface area contributed by atoms with Crippen LogP contribution in [0.5, 0.6) is 0 Å². The van der Waals surface area contributed by atoms with Gasteiger partial charge in [-0.2, -0.15) is 5.26 Å². The smallest absolute Gasteiger partial charge is 0.332 e. The molecule has 7 rings (SSSR count). The van der Waals surface area contributed by atoms with Crippen LogP contribution in [0.3, 0.4) is 0 Å². The van der Waals surface area contributed by atoms with Crippen molar-refractivity contribution >= 4 is 45.9 Å². The van der Waals surface area contributed by atoms with Crippen LogP contribution in [0.2, 0.25) is 5.02 Å². The highest BCUT2D eigenvalue weighted by molar-refractivity contribution is 6.30. The number of likely N-dealkylation sites (tertiary alicyclic amines) is 1. The molecule has 9 heteroatoms. The van der Waals surface area contributed by atoms with Gasteiger partial charge in [-0.1, -0.05) is 60.8 Å². The van der Waals surface area contributed by atoms with Crippen LogP contribution in [0, 0.1) is 11.3 Å². The van der Waals surface area contributed by atoms with Crippen molar-refractivity contribution in [1.29, 1.82) is 5.26 Å². The number of piperazine rings is 1. The Bertz CT molecular complexity index is 1560. The van der Waals surface area contributed by atoms with Crippen LogP contribution in [-0.4, -0.2) is 57.3 Å². The van der Waals surface area contributed by atoms with Gasteiger partial charge in [0.05, 0.1) is 29.4 Å². The molecule has 4 fully saturated rings. The molecule has 1 aromatic heterocycles. The van der Waals surface area contributed by atoms with E-state index in [0.717, 1.165) is 31.2 Å². The summed E-state index contributed by atoms with van der Waals surface area (Å²) >= 11 is 6.13. The Morgan fingerprint density at radius 3 is 2.47 bits per heavy atom. The Kier molecular flexibility index (Phi) is 5.04. The number of anilines is 1. The second-order valence-corrected chi connectivity index (χ2v) is 11.1. The molecule has 8 nitrogen and oxygen atoms in total. The number of fused-ring (bicyclic) bond motifs is 6. The van der Waals surface area contributed by atoms with Crippen molar-refractivity contribution in [3.8, 4) is 6.07 Å². The predicted molar refractivity (Wildman–Crippen MR) is 140 cm³/mol. The van der Waals surface area contributed by atoms with Gasteiger partial charge < -0.3 is 9.80 Å². The minimum absolute atomic E-state index is 0.0497. The van der Waals surface area contributed by atoms with Crippen molar-refractivity contribution in [3.05, 3.63) is 71.0 Å². The minimum Gasteiger partial charge on any atom is -0.334 e. The summed E-state index contributed by atoms with van der Waals surface area (Å²) in [6, 6.07) is 15.1. The lowest BCUT2D eigenvalue weighted by Crippen LogP contribution is -2.58. The SMILES string of the molecule is N#Cc1ncc(N2C(=O)[C@H]3C4CC(CN4C(=O)C4(c5ccc(Cl)cc5)CCCC4)N3C2=O)c2ccccc12. The zero-order chi connectivity index (χ0) is 26.2. The number of hydrogen-bond acceptors (Lipinski definition) is 5. The number of nitrogens with zero attached hydrogens (tertiary/aromatic N) is 5. The van der Waals surface area contributed by atoms with E-state index in [1.807, 2.05) is 29.2 Å². The van der Waals surface area contributed by atoms with E-state index >= 15 is 0 Å². The number of carbonyl (C=O) groups is 3. The Hall–Kier alpha value is -3.96. The average Bonchev–Trinajstić information content (AvgIpc) is 3.72. The van der Waals surface area contributed by atoms with Gasteiger partial charge in [-0.25, -0.2) is 14.7 Å². The Balaban J connectivity index is 1.24. The van der Waals surface area contributed by atoms with Gasteiger partial charge in [0.1, 0.15) is 17.8 Å². The van der Waals surface area contributed by atoms with Crippen LogP contribution in [0.15, 0.2) is 54.7 Å². The first-order valence-corrected chi connectivity index (χ1v) is 13.3. The first kappa shape index (κ1) is 23.2. The zero-order valence-corrected chi connectivity index (χ0v) is 21.3. The Morgan fingerprint density at radius 1 is 1.05 bits per heavy atom. The molecule has 1 aliphatic carbocycles. The second kappa shape index (κ2) is 8.27. The van der Waals surface area contributed by atoms with Crippen molar-refractivity contribution in [1.82, 2.24) is 14.8 Å². The van der Waals surface area contributed by atoms with Crippen molar-refractivity contribution in [3.63, 3.8) is 0 Å². The highest BCUT2D eigenvalue weighted by Gasteiger charge is 2.64.